The van der Waals surface area contributed by atoms with E-state index in [2.05, 4.69) is 20.1 Å². The standard InChI is InChI=1S/C14H21NO2/c1-6-9-15-12(16)17-13(4)8-7-11(10(2)3)14(13,15)5/h6,11H,1-2,7-9H2,3-5H3/t11-,13-,14-/m1/s1. The molecule has 3 atom stereocenters. The predicted molar refractivity (Wildman–Crippen MR) is 67.7 cm³/mol. The van der Waals surface area contributed by atoms with E-state index in [0.717, 1.165) is 18.4 Å². The molecule has 1 amide bonds. The first-order valence-corrected chi connectivity index (χ1v) is 6.14. The lowest BCUT2D eigenvalue weighted by Crippen LogP contribution is -2.55. The average molecular weight is 235 g/mol. The number of hydrogen-bond donors (Lipinski definition) is 0. The molecule has 94 valence electrons. The molecule has 3 heteroatoms. The lowest BCUT2D eigenvalue weighted by molar-refractivity contribution is 0.0239. The zero-order chi connectivity index (χ0) is 12.8. The normalized spacial score (nSPS) is 40.1. The van der Waals surface area contributed by atoms with Crippen molar-refractivity contribution in [3.8, 4) is 0 Å². The van der Waals surface area contributed by atoms with Crippen molar-refractivity contribution in [1.82, 2.24) is 4.90 Å². The van der Waals surface area contributed by atoms with Crippen molar-refractivity contribution in [3.05, 3.63) is 24.8 Å². The first kappa shape index (κ1) is 12.2. The minimum atomic E-state index is -0.392. The zero-order valence-electron chi connectivity index (χ0n) is 11.0. The van der Waals surface area contributed by atoms with E-state index < -0.39 is 5.60 Å². The van der Waals surface area contributed by atoms with E-state index in [1.54, 1.807) is 6.08 Å². The SMILES string of the molecule is C=CCN1C(=O)O[C@]2(C)CC[C@H](C(=C)C)[C@@]12C. The molecular formula is C14H21NO2. The van der Waals surface area contributed by atoms with Gasteiger partial charge in [0.15, 0.2) is 0 Å². The van der Waals surface area contributed by atoms with Gasteiger partial charge in [0.1, 0.15) is 5.60 Å². The summed E-state index contributed by atoms with van der Waals surface area (Å²) in [6, 6.07) is 0. The largest absolute Gasteiger partial charge is 0.441 e. The number of fused-ring (bicyclic) bond motifs is 1. The van der Waals surface area contributed by atoms with Gasteiger partial charge in [-0.15, -0.1) is 6.58 Å². The molecule has 1 heterocycles. The first-order chi connectivity index (χ1) is 7.87. The molecule has 2 fully saturated rings. The summed E-state index contributed by atoms with van der Waals surface area (Å²) in [5.41, 5.74) is 0.449. The highest BCUT2D eigenvalue weighted by atomic mass is 16.6. The Hall–Kier alpha value is -1.25. The van der Waals surface area contributed by atoms with Crippen LogP contribution in [0.3, 0.4) is 0 Å². The molecule has 0 aromatic carbocycles. The third-order valence-electron chi connectivity index (χ3n) is 4.66. The number of carbonyl (C=O) groups is 1. The summed E-state index contributed by atoms with van der Waals surface area (Å²) >= 11 is 0. The fourth-order valence-corrected chi connectivity index (χ4v) is 3.51. The molecule has 1 aliphatic carbocycles. The van der Waals surface area contributed by atoms with Crippen LogP contribution in [0.2, 0.25) is 0 Å². The maximum absolute atomic E-state index is 12.0. The predicted octanol–water partition coefficient (Wildman–Crippen LogP) is 3.13. The van der Waals surface area contributed by atoms with E-state index in [1.807, 2.05) is 18.7 Å². The molecule has 1 saturated heterocycles. The summed E-state index contributed by atoms with van der Waals surface area (Å²) < 4.78 is 5.62. The van der Waals surface area contributed by atoms with Gasteiger partial charge in [0.05, 0.1) is 5.54 Å². The lowest BCUT2D eigenvalue weighted by Gasteiger charge is -2.41. The summed E-state index contributed by atoms with van der Waals surface area (Å²) in [4.78, 5) is 13.8. The monoisotopic (exact) mass is 235 g/mol. The van der Waals surface area contributed by atoms with Gasteiger partial charge in [-0.1, -0.05) is 18.2 Å². The summed E-state index contributed by atoms with van der Waals surface area (Å²) in [6.45, 7) is 14.5. The quantitative estimate of drug-likeness (QED) is 0.703. The topological polar surface area (TPSA) is 29.5 Å². The summed E-state index contributed by atoms with van der Waals surface area (Å²) in [5.74, 6) is 0.305. The minimum Gasteiger partial charge on any atom is -0.441 e. The molecule has 0 N–H and O–H groups in total. The molecule has 3 nitrogen and oxygen atoms in total. The molecule has 17 heavy (non-hydrogen) atoms. The van der Waals surface area contributed by atoms with Gasteiger partial charge in [-0.2, -0.15) is 0 Å². The van der Waals surface area contributed by atoms with Crippen molar-refractivity contribution in [2.75, 3.05) is 6.54 Å². The van der Waals surface area contributed by atoms with Crippen LogP contribution in [0, 0.1) is 5.92 Å². The summed E-state index contributed by atoms with van der Waals surface area (Å²) in [5, 5.41) is 0. The van der Waals surface area contributed by atoms with E-state index >= 15 is 0 Å². The third kappa shape index (κ3) is 1.38. The molecule has 0 spiro atoms. The Kier molecular flexibility index (Phi) is 2.60. The van der Waals surface area contributed by atoms with Gasteiger partial charge in [0.25, 0.3) is 0 Å². The minimum absolute atomic E-state index is 0.221. The maximum Gasteiger partial charge on any atom is 0.411 e. The van der Waals surface area contributed by atoms with Crippen LogP contribution in [0.5, 0.6) is 0 Å². The number of amides is 1. The second-order valence-electron chi connectivity index (χ2n) is 5.58. The van der Waals surface area contributed by atoms with Crippen LogP contribution >= 0.6 is 0 Å². The molecule has 1 saturated carbocycles. The highest BCUT2D eigenvalue weighted by Gasteiger charge is 2.66. The average Bonchev–Trinajstić information content (AvgIpc) is 2.57. The summed E-state index contributed by atoms with van der Waals surface area (Å²) in [7, 11) is 0. The van der Waals surface area contributed by atoms with Gasteiger partial charge in [0, 0.05) is 12.5 Å². The Morgan fingerprint density at radius 2 is 2.29 bits per heavy atom. The van der Waals surface area contributed by atoms with Gasteiger partial charge < -0.3 is 4.74 Å². The molecule has 2 rings (SSSR count). The van der Waals surface area contributed by atoms with Crippen LogP contribution in [0.15, 0.2) is 24.8 Å². The zero-order valence-corrected chi connectivity index (χ0v) is 11.0. The Balaban J connectivity index is 2.46. The van der Waals surface area contributed by atoms with E-state index in [9.17, 15) is 4.79 Å². The number of nitrogens with zero attached hydrogens (tertiary/aromatic N) is 1. The van der Waals surface area contributed by atoms with E-state index in [1.165, 1.54) is 0 Å². The molecule has 0 aromatic heterocycles. The van der Waals surface area contributed by atoms with Crippen LogP contribution in [0.4, 0.5) is 4.79 Å². The van der Waals surface area contributed by atoms with Crippen molar-refractivity contribution < 1.29 is 9.53 Å². The second kappa shape index (κ2) is 3.62. The van der Waals surface area contributed by atoms with E-state index in [0.29, 0.717) is 12.5 Å². The highest BCUT2D eigenvalue weighted by molar-refractivity contribution is 5.73. The van der Waals surface area contributed by atoms with Gasteiger partial charge in [-0.05, 0) is 33.6 Å². The van der Waals surface area contributed by atoms with Crippen LogP contribution in [0.25, 0.3) is 0 Å². The Morgan fingerprint density at radius 3 is 2.82 bits per heavy atom. The van der Waals surface area contributed by atoms with Crippen LogP contribution < -0.4 is 0 Å². The van der Waals surface area contributed by atoms with Crippen molar-refractivity contribution in [2.24, 2.45) is 5.92 Å². The maximum atomic E-state index is 12.0. The first-order valence-electron chi connectivity index (χ1n) is 6.14. The third-order valence-corrected chi connectivity index (χ3v) is 4.66. The van der Waals surface area contributed by atoms with Crippen molar-refractivity contribution in [3.63, 3.8) is 0 Å². The van der Waals surface area contributed by atoms with Crippen molar-refractivity contribution in [1.29, 1.82) is 0 Å². The molecule has 2 aliphatic rings. The van der Waals surface area contributed by atoms with Crippen LogP contribution in [-0.4, -0.2) is 28.7 Å². The number of ether oxygens (including phenoxy) is 1. The Bertz CT molecular complexity index is 390. The molecule has 1 aliphatic heterocycles. The smallest absolute Gasteiger partial charge is 0.411 e. The fraction of sp³-hybridized carbons (Fsp3) is 0.643. The van der Waals surface area contributed by atoms with Crippen LogP contribution in [0.1, 0.15) is 33.6 Å². The lowest BCUT2D eigenvalue weighted by atomic mass is 9.77. The Morgan fingerprint density at radius 1 is 1.65 bits per heavy atom. The Labute approximate surface area is 103 Å². The van der Waals surface area contributed by atoms with Crippen LogP contribution in [-0.2, 0) is 4.74 Å². The van der Waals surface area contributed by atoms with Crippen molar-refractivity contribution in [2.45, 2.75) is 44.8 Å². The molecule has 0 unspecified atom stereocenters. The second-order valence-corrected chi connectivity index (χ2v) is 5.58. The van der Waals surface area contributed by atoms with Gasteiger partial charge in [-0.25, -0.2) is 4.79 Å². The summed E-state index contributed by atoms with van der Waals surface area (Å²) in [6.07, 6.45) is 3.47. The van der Waals surface area contributed by atoms with E-state index in [-0.39, 0.29) is 11.6 Å². The molecule has 0 bridgehead atoms. The molecule has 0 aromatic rings. The fourth-order valence-electron chi connectivity index (χ4n) is 3.51. The van der Waals surface area contributed by atoms with Crippen molar-refractivity contribution >= 4 is 6.09 Å². The number of rotatable bonds is 3. The molecule has 0 radical (unpaired) electrons. The van der Waals surface area contributed by atoms with Gasteiger partial charge in [0.2, 0.25) is 0 Å². The van der Waals surface area contributed by atoms with E-state index in [4.69, 9.17) is 4.74 Å². The molecular weight excluding hydrogens is 214 g/mol. The number of hydrogen-bond acceptors (Lipinski definition) is 2. The van der Waals surface area contributed by atoms with Gasteiger partial charge in [-0.3, -0.25) is 4.90 Å². The highest BCUT2D eigenvalue weighted by Crippen LogP contribution is 2.55. The number of carbonyl (C=O) groups excluding carboxylic acids is 1. The van der Waals surface area contributed by atoms with Gasteiger partial charge >= 0.3 is 6.09 Å².